The zero-order valence-corrected chi connectivity index (χ0v) is 10.4. The topological polar surface area (TPSA) is 20.3 Å². The lowest BCUT2D eigenvalue weighted by Crippen LogP contribution is -2.39. The highest BCUT2D eigenvalue weighted by Gasteiger charge is 2.25. The summed E-state index contributed by atoms with van der Waals surface area (Å²) in [5, 5.41) is 0. The second-order valence-corrected chi connectivity index (χ2v) is 4.88. The van der Waals surface area contributed by atoms with Crippen LogP contribution in [0, 0.1) is 5.41 Å². The van der Waals surface area contributed by atoms with Gasteiger partial charge in [-0.3, -0.25) is 4.79 Å². The van der Waals surface area contributed by atoms with Crippen molar-refractivity contribution in [3.63, 3.8) is 0 Å². The molecule has 1 saturated heterocycles. The van der Waals surface area contributed by atoms with Crippen molar-refractivity contribution >= 4 is 5.91 Å². The van der Waals surface area contributed by atoms with Gasteiger partial charge in [0.25, 0.3) is 0 Å². The molecule has 0 saturated carbocycles. The molecule has 0 aromatic rings. The number of hydrogen-bond acceptors (Lipinski definition) is 1. The molecule has 0 aromatic carbocycles. The van der Waals surface area contributed by atoms with Crippen LogP contribution < -0.4 is 0 Å². The van der Waals surface area contributed by atoms with E-state index in [0.29, 0.717) is 5.41 Å². The number of likely N-dealkylation sites (tertiary alicyclic amines) is 1. The van der Waals surface area contributed by atoms with Gasteiger partial charge in [-0.05, 0) is 18.3 Å². The fraction of sp³-hybridized carbons (Fsp3) is 0.917. The Morgan fingerprint density at radius 2 is 1.57 bits per heavy atom. The van der Waals surface area contributed by atoms with E-state index in [-0.39, 0.29) is 5.91 Å². The summed E-state index contributed by atoms with van der Waals surface area (Å²) in [5.41, 5.74) is 0.450. The predicted octanol–water partition coefficient (Wildman–Crippen LogP) is 3.07. The molecular formula is C12H25NO. The highest BCUT2D eigenvalue weighted by atomic mass is 16.2. The van der Waals surface area contributed by atoms with Crippen molar-refractivity contribution < 1.29 is 4.79 Å². The van der Waals surface area contributed by atoms with Crippen LogP contribution in [0.4, 0.5) is 0 Å². The summed E-state index contributed by atoms with van der Waals surface area (Å²) in [6.07, 6.45) is 3.54. The Balaban J connectivity index is 0.000000500. The van der Waals surface area contributed by atoms with Crippen LogP contribution in [0.1, 0.15) is 53.9 Å². The largest absolute Gasteiger partial charge is 0.343 e. The quantitative estimate of drug-likeness (QED) is 0.587. The second-order valence-electron chi connectivity index (χ2n) is 4.88. The zero-order valence-electron chi connectivity index (χ0n) is 10.4. The summed E-state index contributed by atoms with van der Waals surface area (Å²) in [5.74, 6) is 0.223. The normalized spacial score (nSPS) is 19.6. The molecule has 1 aliphatic rings. The first-order valence-corrected chi connectivity index (χ1v) is 5.68. The highest BCUT2D eigenvalue weighted by Crippen LogP contribution is 2.29. The Hall–Kier alpha value is -0.530. The zero-order chi connectivity index (χ0) is 11.2. The molecule has 0 aromatic heterocycles. The van der Waals surface area contributed by atoms with E-state index in [1.807, 2.05) is 4.90 Å². The molecule has 0 aliphatic carbocycles. The smallest absolute Gasteiger partial charge is 0.219 e. The molecule has 0 spiro atoms. The van der Waals surface area contributed by atoms with Gasteiger partial charge in [0.1, 0.15) is 0 Å². The Morgan fingerprint density at radius 1 is 1.21 bits per heavy atom. The summed E-state index contributed by atoms with van der Waals surface area (Å²) >= 11 is 0. The Kier molecular flexibility index (Phi) is 5.82. The molecule has 2 nitrogen and oxygen atoms in total. The van der Waals surface area contributed by atoms with Gasteiger partial charge in [-0.25, -0.2) is 0 Å². The van der Waals surface area contributed by atoms with Crippen LogP contribution in [0.2, 0.25) is 0 Å². The molecule has 1 fully saturated rings. The fourth-order valence-corrected chi connectivity index (χ4v) is 1.43. The molecule has 2 heteroatoms. The van der Waals surface area contributed by atoms with E-state index >= 15 is 0 Å². The first-order valence-electron chi connectivity index (χ1n) is 5.68. The lowest BCUT2D eigenvalue weighted by molar-refractivity contribution is -0.130. The minimum Gasteiger partial charge on any atom is -0.343 e. The van der Waals surface area contributed by atoms with Crippen molar-refractivity contribution in [3.05, 3.63) is 0 Å². The van der Waals surface area contributed by atoms with Gasteiger partial charge in [-0.2, -0.15) is 0 Å². The van der Waals surface area contributed by atoms with Gasteiger partial charge in [-0.15, -0.1) is 0 Å². The van der Waals surface area contributed by atoms with Crippen LogP contribution in [0.5, 0.6) is 0 Å². The summed E-state index contributed by atoms with van der Waals surface area (Å²) in [7, 11) is 0. The van der Waals surface area contributed by atoms with E-state index in [1.165, 1.54) is 6.42 Å². The van der Waals surface area contributed by atoms with Crippen molar-refractivity contribution in [2.75, 3.05) is 13.1 Å². The molecule has 0 radical (unpaired) electrons. The third-order valence-corrected chi connectivity index (χ3v) is 2.56. The van der Waals surface area contributed by atoms with E-state index in [9.17, 15) is 4.79 Å². The predicted molar refractivity (Wildman–Crippen MR) is 61.2 cm³/mol. The lowest BCUT2D eigenvalue weighted by Gasteiger charge is -2.36. The van der Waals surface area contributed by atoms with Crippen molar-refractivity contribution in [2.45, 2.75) is 53.9 Å². The third kappa shape index (κ3) is 5.25. The van der Waals surface area contributed by atoms with Gasteiger partial charge in [-0.1, -0.05) is 34.1 Å². The maximum atomic E-state index is 10.9. The number of carbonyl (C=O) groups is 1. The van der Waals surface area contributed by atoms with E-state index in [4.69, 9.17) is 0 Å². The van der Waals surface area contributed by atoms with E-state index in [2.05, 4.69) is 27.7 Å². The summed E-state index contributed by atoms with van der Waals surface area (Å²) in [6.45, 7) is 12.3. The molecular weight excluding hydrogens is 174 g/mol. The summed E-state index contributed by atoms with van der Waals surface area (Å²) < 4.78 is 0. The van der Waals surface area contributed by atoms with Crippen LogP contribution in [0.15, 0.2) is 0 Å². The molecule has 1 rings (SSSR count). The van der Waals surface area contributed by atoms with Crippen LogP contribution >= 0.6 is 0 Å². The van der Waals surface area contributed by atoms with Crippen molar-refractivity contribution in [1.82, 2.24) is 4.90 Å². The van der Waals surface area contributed by atoms with Crippen LogP contribution in [0.3, 0.4) is 0 Å². The van der Waals surface area contributed by atoms with Crippen molar-refractivity contribution in [3.8, 4) is 0 Å². The van der Waals surface area contributed by atoms with Crippen LogP contribution in [-0.4, -0.2) is 23.9 Å². The van der Waals surface area contributed by atoms with Gasteiger partial charge in [0, 0.05) is 20.0 Å². The van der Waals surface area contributed by atoms with Crippen molar-refractivity contribution in [1.29, 1.82) is 0 Å². The molecule has 1 heterocycles. The van der Waals surface area contributed by atoms with Crippen molar-refractivity contribution in [2.24, 2.45) is 5.41 Å². The second kappa shape index (κ2) is 6.05. The summed E-state index contributed by atoms with van der Waals surface area (Å²) in [4.78, 5) is 12.9. The standard InChI is InChI=1S/C9H17NO.C3H8/c1-8(11)10-6-4-9(2,3)5-7-10;1-3-2/h4-7H2,1-3H3;3H2,1-2H3. The van der Waals surface area contributed by atoms with E-state index < -0.39 is 0 Å². The molecule has 1 aliphatic heterocycles. The molecule has 0 N–H and O–H groups in total. The maximum Gasteiger partial charge on any atom is 0.219 e. The van der Waals surface area contributed by atoms with Gasteiger partial charge in [0.2, 0.25) is 5.91 Å². The number of rotatable bonds is 0. The summed E-state index contributed by atoms with van der Waals surface area (Å²) in [6, 6.07) is 0. The molecule has 84 valence electrons. The number of hydrogen-bond donors (Lipinski definition) is 0. The van der Waals surface area contributed by atoms with Gasteiger partial charge in [0.15, 0.2) is 0 Å². The molecule has 0 bridgehead atoms. The highest BCUT2D eigenvalue weighted by molar-refractivity contribution is 5.73. The maximum absolute atomic E-state index is 10.9. The third-order valence-electron chi connectivity index (χ3n) is 2.56. The SMILES string of the molecule is CC(=O)N1CCC(C)(C)CC1.CCC. The molecule has 0 atom stereocenters. The van der Waals surface area contributed by atoms with Gasteiger partial charge >= 0.3 is 0 Å². The number of nitrogens with zero attached hydrogens (tertiary/aromatic N) is 1. The Morgan fingerprint density at radius 3 is 1.86 bits per heavy atom. The van der Waals surface area contributed by atoms with E-state index in [1.54, 1.807) is 6.92 Å². The van der Waals surface area contributed by atoms with E-state index in [0.717, 1.165) is 25.9 Å². The minimum atomic E-state index is 0.223. The van der Waals surface area contributed by atoms with Crippen LogP contribution in [0.25, 0.3) is 0 Å². The number of carbonyl (C=O) groups excluding carboxylic acids is 1. The molecule has 14 heavy (non-hydrogen) atoms. The Bertz CT molecular complexity index is 165. The Labute approximate surface area is 88.7 Å². The molecule has 0 unspecified atom stereocenters. The lowest BCUT2D eigenvalue weighted by atomic mass is 9.83. The number of piperidine rings is 1. The number of amides is 1. The van der Waals surface area contributed by atoms with Gasteiger partial charge < -0.3 is 4.90 Å². The minimum absolute atomic E-state index is 0.223. The average Bonchev–Trinajstić information content (AvgIpc) is 2.04. The first kappa shape index (κ1) is 13.5. The fourth-order valence-electron chi connectivity index (χ4n) is 1.43. The average molecular weight is 199 g/mol. The monoisotopic (exact) mass is 199 g/mol. The van der Waals surface area contributed by atoms with Gasteiger partial charge in [0.05, 0.1) is 0 Å². The van der Waals surface area contributed by atoms with Crippen LogP contribution in [-0.2, 0) is 4.79 Å². The molecule has 1 amide bonds. The first-order chi connectivity index (χ1) is 6.43.